The Morgan fingerprint density at radius 2 is 0.833 bits per heavy atom. The molecule has 11 aromatic rings. The molecule has 0 amide bonds. The number of para-hydroxylation sites is 2. The first-order valence-corrected chi connectivity index (χ1v) is 20.6. The van der Waals surface area contributed by atoms with Gasteiger partial charge in [-0.2, -0.15) is 0 Å². The summed E-state index contributed by atoms with van der Waals surface area (Å²) in [6.07, 6.45) is 0. The largest absolute Gasteiger partial charge is 0.309 e. The molecule has 2 heteroatoms. The average Bonchev–Trinajstić information content (AvgIpc) is 3.67. The molecule has 2 nitrogen and oxygen atoms in total. The van der Waals surface area contributed by atoms with Crippen LogP contribution in [0.2, 0.25) is 0 Å². The van der Waals surface area contributed by atoms with Crippen molar-refractivity contribution in [2.75, 3.05) is 4.90 Å². The summed E-state index contributed by atoms with van der Waals surface area (Å²) in [5.41, 5.74) is 16.3. The number of nitrogens with zero attached hydrogens (tertiary/aromatic N) is 2. The van der Waals surface area contributed by atoms with Gasteiger partial charge >= 0.3 is 0 Å². The first kappa shape index (κ1) is 35.2. The molecule has 0 bridgehead atoms. The summed E-state index contributed by atoms with van der Waals surface area (Å²) in [6.45, 7) is 0. The van der Waals surface area contributed by atoms with Crippen LogP contribution in [0.25, 0.3) is 82.8 Å². The Kier molecular flexibility index (Phi) is 8.87. The first-order chi connectivity index (χ1) is 29.8. The molecule has 0 unspecified atom stereocenters. The molecule has 1 heterocycles. The second-order valence-corrected chi connectivity index (χ2v) is 15.2. The Hall–Kier alpha value is -7.94. The van der Waals surface area contributed by atoms with E-state index >= 15 is 0 Å². The van der Waals surface area contributed by atoms with Crippen LogP contribution in [0.5, 0.6) is 0 Å². The minimum absolute atomic E-state index is 1.08. The second kappa shape index (κ2) is 15.1. The van der Waals surface area contributed by atoms with Gasteiger partial charge in [0.15, 0.2) is 0 Å². The molecule has 11 rings (SSSR count). The Balaban J connectivity index is 1.20. The molecule has 60 heavy (non-hydrogen) atoms. The number of benzene rings is 10. The summed E-state index contributed by atoms with van der Waals surface area (Å²) in [4.78, 5) is 2.49. The van der Waals surface area contributed by atoms with Gasteiger partial charge in [-0.3, -0.25) is 0 Å². The number of fused-ring (bicyclic) bond motifs is 4. The molecule has 1 aromatic heterocycles. The van der Waals surface area contributed by atoms with Crippen molar-refractivity contribution in [1.82, 2.24) is 4.57 Å². The van der Waals surface area contributed by atoms with E-state index in [-0.39, 0.29) is 0 Å². The summed E-state index contributed by atoms with van der Waals surface area (Å²) in [5.74, 6) is 0. The fourth-order valence-electron chi connectivity index (χ4n) is 9.18. The van der Waals surface area contributed by atoms with Crippen molar-refractivity contribution in [2.24, 2.45) is 0 Å². The van der Waals surface area contributed by atoms with Crippen molar-refractivity contribution >= 4 is 49.6 Å². The quantitative estimate of drug-likeness (QED) is 0.150. The van der Waals surface area contributed by atoms with Gasteiger partial charge < -0.3 is 9.47 Å². The van der Waals surface area contributed by atoms with Crippen LogP contribution in [0.1, 0.15) is 0 Å². The number of anilines is 3. The van der Waals surface area contributed by atoms with Crippen LogP contribution < -0.4 is 4.90 Å². The summed E-state index contributed by atoms with van der Waals surface area (Å²) in [7, 11) is 0. The Labute approximate surface area is 350 Å². The van der Waals surface area contributed by atoms with Crippen LogP contribution >= 0.6 is 0 Å². The van der Waals surface area contributed by atoms with E-state index in [1.807, 2.05) is 0 Å². The molecule has 0 saturated carbocycles. The highest BCUT2D eigenvalue weighted by Crippen LogP contribution is 2.50. The maximum Gasteiger partial charge on any atom is 0.0547 e. The van der Waals surface area contributed by atoms with Crippen LogP contribution in [-0.2, 0) is 0 Å². The van der Waals surface area contributed by atoms with Crippen molar-refractivity contribution in [3.05, 3.63) is 243 Å². The second-order valence-electron chi connectivity index (χ2n) is 15.2. The molecular weight excluding hydrogens is 725 g/mol. The molecule has 282 valence electrons. The molecule has 0 atom stereocenters. The smallest absolute Gasteiger partial charge is 0.0547 e. The fourth-order valence-corrected chi connectivity index (χ4v) is 9.18. The topological polar surface area (TPSA) is 8.17 Å². The molecule has 0 aliphatic heterocycles. The third kappa shape index (κ3) is 6.06. The van der Waals surface area contributed by atoms with E-state index in [4.69, 9.17) is 0 Å². The van der Waals surface area contributed by atoms with Gasteiger partial charge in [-0.25, -0.2) is 0 Å². The maximum absolute atomic E-state index is 2.49. The highest BCUT2D eigenvalue weighted by atomic mass is 15.1. The standard InChI is InChI=1S/C58H40N2/c1-4-20-41(21-5-1)47-30-12-13-32-51(47)57-49(43-22-6-2-7-23-43)34-18-38-55(57)60(53-37-17-25-42-24-10-11-31-48(42)53)46-29-16-26-44(40-46)50-35-19-39-56-58(50)52-33-14-15-36-54(52)59(56)45-27-8-3-9-28-45/h1-40H. The average molecular weight is 765 g/mol. The predicted molar refractivity (Wildman–Crippen MR) is 255 cm³/mol. The normalized spacial score (nSPS) is 11.3. The van der Waals surface area contributed by atoms with Crippen LogP contribution in [0.4, 0.5) is 17.1 Å². The zero-order valence-electron chi connectivity index (χ0n) is 33.0. The minimum atomic E-state index is 1.08. The monoisotopic (exact) mass is 764 g/mol. The minimum Gasteiger partial charge on any atom is -0.309 e. The zero-order chi connectivity index (χ0) is 39.8. The van der Waals surface area contributed by atoms with Crippen molar-refractivity contribution < 1.29 is 0 Å². The lowest BCUT2D eigenvalue weighted by atomic mass is 9.87. The van der Waals surface area contributed by atoms with E-state index in [9.17, 15) is 0 Å². The van der Waals surface area contributed by atoms with E-state index in [1.165, 1.54) is 71.5 Å². The van der Waals surface area contributed by atoms with Crippen LogP contribution in [0, 0.1) is 0 Å². The van der Waals surface area contributed by atoms with Crippen molar-refractivity contribution in [3.63, 3.8) is 0 Å². The van der Waals surface area contributed by atoms with E-state index in [1.54, 1.807) is 0 Å². The van der Waals surface area contributed by atoms with Crippen LogP contribution in [-0.4, -0.2) is 4.57 Å². The molecule has 0 spiro atoms. The number of hydrogen-bond acceptors (Lipinski definition) is 1. The molecule has 0 saturated heterocycles. The Bertz CT molecular complexity index is 3300. The predicted octanol–water partition coefficient (Wildman–Crippen LogP) is 16.1. The van der Waals surface area contributed by atoms with E-state index < -0.39 is 0 Å². The van der Waals surface area contributed by atoms with E-state index in [0.717, 1.165) is 28.3 Å². The van der Waals surface area contributed by atoms with Crippen LogP contribution in [0.3, 0.4) is 0 Å². The highest BCUT2D eigenvalue weighted by Gasteiger charge is 2.24. The van der Waals surface area contributed by atoms with Gasteiger partial charge in [-0.05, 0) is 92.9 Å². The van der Waals surface area contributed by atoms with Gasteiger partial charge in [-0.15, -0.1) is 0 Å². The van der Waals surface area contributed by atoms with Crippen molar-refractivity contribution in [3.8, 4) is 50.2 Å². The third-order valence-electron chi connectivity index (χ3n) is 11.8. The molecule has 0 aliphatic rings. The van der Waals surface area contributed by atoms with Gasteiger partial charge in [0.25, 0.3) is 0 Å². The summed E-state index contributed by atoms with van der Waals surface area (Å²) < 4.78 is 2.39. The zero-order valence-corrected chi connectivity index (χ0v) is 33.0. The maximum atomic E-state index is 2.49. The van der Waals surface area contributed by atoms with E-state index in [0.29, 0.717) is 0 Å². The summed E-state index contributed by atoms with van der Waals surface area (Å²) >= 11 is 0. The van der Waals surface area contributed by atoms with Gasteiger partial charge in [-0.1, -0.05) is 194 Å². The first-order valence-electron chi connectivity index (χ1n) is 20.6. The Morgan fingerprint density at radius 3 is 1.63 bits per heavy atom. The molecule has 0 N–H and O–H groups in total. The van der Waals surface area contributed by atoms with Gasteiger partial charge in [0.1, 0.15) is 0 Å². The SMILES string of the molecule is c1ccc(-c2ccccc2-c2c(-c3ccccc3)cccc2N(c2cccc(-c3cccc4c3c3ccccc3n4-c3ccccc3)c2)c2cccc3ccccc23)cc1. The lowest BCUT2D eigenvalue weighted by Crippen LogP contribution is -2.12. The van der Waals surface area contributed by atoms with E-state index in [2.05, 4.69) is 252 Å². The van der Waals surface area contributed by atoms with Crippen LogP contribution in [0.15, 0.2) is 243 Å². The molecule has 0 fully saturated rings. The summed E-state index contributed by atoms with van der Waals surface area (Å²) in [6, 6.07) is 88.0. The van der Waals surface area contributed by atoms with Crippen molar-refractivity contribution in [1.29, 1.82) is 0 Å². The Morgan fingerprint density at radius 1 is 0.317 bits per heavy atom. The number of aromatic nitrogens is 1. The highest BCUT2D eigenvalue weighted by molar-refractivity contribution is 6.16. The molecule has 0 aliphatic carbocycles. The molecular formula is C58H40N2. The lowest BCUT2D eigenvalue weighted by Gasteiger charge is -2.31. The van der Waals surface area contributed by atoms with Gasteiger partial charge in [0.2, 0.25) is 0 Å². The van der Waals surface area contributed by atoms with Crippen molar-refractivity contribution in [2.45, 2.75) is 0 Å². The molecule has 0 radical (unpaired) electrons. The fraction of sp³-hybridized carbons (Fsp3) is 0. The van der Waals surface area contributed by atoms with Gasteiger partial charge in [0.05, 0.1) is 22.4 Å². The lowest BCUT2D eigenvalue weighted by molar-refractivity contribution is 1.18. The number of rotatable bonds is 8. The summed E-state index contributed by atoms with van der Waals surface area (Å²) in [5, 5.41) is 4.86. The molecule has 10 aromatic carbocycles. The van der Waals surface area contributed by atoms with Gasteiger partial charge in [0, 0.05) is 33.1 Å². The number of hydrogen-bond donors (Lipinski definition) is 0. The third-order valence-corrected chi connectivity index (χ3v) is 11.8.